The van der Waals surface area contributed by atoms with Crippen LogP contribution in [0.25, 0.3) is 0 Å². The number of thioether (sulfide) groups is 1. The standard InChI is InChI=1S/C11H18N4OS/c1-8(6-7-17-3)13-10-5-4-9(14-15-10)11(16)12-2/h4-5,8H,6-7H2,1-3H3,(H,12,16)(H,13,15). The highest BCUT2D eigenvalue weighted by molar-refractivity contribution is 7.98. The van der Waals surface area contributed by atoms with Crippen LogP contribution < -0.4 is 10.6 Å². The number of carbonyl (C=O) groups is 1. The van der Waals surface area contributed by atoms with E-state index in [9.17, 15) is 4.79 Å². The molecule has 1 aromatic heterocycles. The minimum atomic E-state index is -0.223. The fourth-order valence-corrected chi connectivity index (χ4v) is 1.87. The maximum absolute atomic E-state index is 11.3. The summed E-state index contributed by atoms with van der Waals surface area (Å²) in [7, 11) is 1.57. The molecule has 0 aliphatic carbocycles. The summed E-state index contributed by atoms with van der Waals surface area (Å²) in [6, 6.07) is 3.78. The van der Waals surface area contributed by atoms with Gasteiger partial charge in [-0.05, 0) is 37.5 Å². The van der Waals surface area contributed by atoms with Gasteiger partial charge in [0.2, 0.25) is 0 Å². The van der Waals surface area contributed by atoms with Crippen LogP contribution in [0.2, 0.25) is 0 Å². The van der Waals surface area contributed by atoms with Gasteiger partial charge < -0.3 is 10.6 Å². The fourth-order valence-electron chi connectivity index (χ4n) is 1.28. The molecule has 0 saturated carbocycles. The van der Waals surface area contributed by atoms with Crippen molar-refractivity contribution in [3.05, 3.63) is 17.8 Å². The summed E-state index contributed by atoms with van der Waals surface area (Å²) >= 11 is 1.82. The number of nitrogens with one attached hydrogen (secondary N) is 2. The number of hydrogen-bond donors (Lipinski definition) is 2. The fraction of sp³-hybridized carbons (Fsp3) is 0.545. The van der Waals surface area contributed by atoms with Crippen LogP contribution >= 0.6 is 11.8 Å². The van der Waals surface area contributed by atoms with Crippen LogP contribution in [0.5, 0.6) is 0 Å². The van der Waals surface area contributed by atoms with Crippen molar-refractivity contribution in [2.45, 2.75) is 19.4 Å². The Morgan fingerprint density at radius 3 is 2.76 bits per heavy atom. The molecule has 1 rings (SSSR count). The first-order valence-electron chi connectivity index (χ1n) is 5.48. The Bertz CT molecular complexity index is 355. The first-order valence-corrected chi connectivity index (χ1v) is 6.88. The second-order valence-electron chi connectivity index (χ2n) is 3.71. The monoisotopic (exact) mass is 254 g/mol. The van der Waals surface area contributed by atoms with Gasteiger partial charge in [0.05, 0.1) is 0 Å². The Hall–Kier alpha value is -1.30. The van der Waals surface area contributed by atoms with Crippen molar-refractivity contribution in [3.63, 3.8) is 0 Å². The van der Waals surface area contributed by atoms with E-state index in [-0.39, 0.29) is 5.91 Å². The lowest BCUT2D eigenvalue weighted by molar-refractivity contribution is 0.0957. The van der Waals surface area contributed by atoms with Crippen LogP contribution in [-0.2, 0) is 0 Å². The highest BCUT2D eigenvalue weighted by Gasteiger charge is 2.07. The molecule has 1 atom stereocenters. The molecule has 0 saturated heterocycles. The van der Waals surface area contributed by atoms with E-state index >= 15 is 0 Å². The third-order valence-corrected chi connectivity index (χ3v) is 2.92. The van der Waals surface area contributed by atoms with Gasteiger partial charge in [0, 0.05) is 13.1 Å². The zero-order valence-corrected chi connectivity index (χ0v) is 11.2. The number of rotatable bonds is 6. The largest absolute Gasteiger partial charge is 0.366 e. The van der Waals surface area contributed by atoms with E-state index < -0.39 is 0 Å². The van der Waals surface area contributed by atoms with Crippen LogP contribution in [0.15, 0.2) is 12.1 Å². The molecule has 0 aliphatic heterocycles. The normalized spacial score (nSPS) is 11.9. The molecule has 1 amide bonds. The third-order valence-electron chi connectivity index (χ3n) is 2.27. The molecule has 5 nitrogen and oxygen atoms in total. The van der Waals surface area contributed by atoms with E-state index in [0.29, 0.717) is 17.6 Å². The molecule has 94 valence electrons. The van der Waals surface area contributed by atoms with Crippen LogP contribution in [0.3, 0.4) is 0 Å². The molecule has 0 spiro atoms. The number of aromatic nitrogens is 2. The van der Waals surface area contributed by atoms with E-state index in [0.717, 1.165) is 12.2 Å². The van der Waals surface area contributed by atoms with Crippen molar-refractivity contribution in [1.29, 1.82) is 0 Å². The van der Waals surface area contributed by atoms with Gasteiger partial charge in [-0.3, -0.25) is 4.79 Å². The Balaban J connectivity index is 2.53. The van der Waals surface area contributed by atoms with Crippen molar-refractivity contribution >= 4 is 23.5 Å². The highest BCUT2D eigenvalue weighted by atomic mass is 32.2. The summed E-state index contributed by atoms with van der Waals surface area (Å²) in [4.78, 5) is 11.3. The quantitative estimate of drug-likeness (QED) is 0.803. The molecule has 1 unspecified atom stereocenters. The van der Waals surface area contributed by atoms with Gasteiger partial charge in [-0.2, -0.15) is 11.8 Å². The van der Waals surface area contributed by atoms with Crippen molar-refractivity contribution in [2.75, 3.05) is 24.4 Å². The molecule has 6 heteroatoms. The predicted molar refractivity (Wildman–Crippen MR) is 71.5 cm³/mol. The van der Waals surface area contributed by atoms with Crippen molar-refractivity contribution < 1.29 is 4.79 Å². The zero-order chi connectivity index (χ0) is 12.7. The molecular formula is C11H18N4OS. The lowest BCUT2D eigenvalue weighted by Crippen LogP contribution is -2.21. The Kier molecular flexibility index (Phi) is 5.76. The Labute approximate surface area is 106 Å². The van der Waals surface area contributed by atoms with Crippen molar-refractivity contribution in [2.24, 2.45) is 0 Å². The van der Waals surface area contributed by atoms with Crippen LogP contribution in [0, 0.1) is 0 Å². The summed E-state index contributed by atoms with van der Waals surface area (Å²) in [5.74, 6) is 1.59. The maximum Gasteiger partial charge on any atom is 0.271 e. The zero-order valence-electron chi connectivity index (χ0n) is 10.4. The minimum Gasteiger partial charge on any atom is -0.366 e. The highest BCUT2D eigenvalue weighted by Crippen LogP contribution is 2.07. The molecule has 17 heavy (non-hydrogen) atoms. The topological polar surface area (TPSA) is 66.9 Å². The summed E-state index contributed by atoms with van der Waals surface area (Å²) in [5, 5.41) is 13.6. The molecule has 1 heterocycles. The van der Waals surface area contributed by atoms with Gasteiger partial charge in [0.15, 0.2) is 5.69 Å². The summed E-state index contributed by atoms with van der Waals surface area (Å²) < 4.78 is 0. The lowest BCUT2D eigenvalue weighted by Gasteiger charge is -2.13. The van der Waals surface area contributed by atoms with Gasteiger partial charge in [0.1, 0.15) is 5.82 Å². The van der Waals surface area contributed by atoms with Gasteiger partial charge >= 0.3 is 0 Å². The molecular weight excluding hydrogens is 236 g/mol. The van der Waals surface area contributed by atoms with Gasteiger partial charge in [-0.25, -0.2) is 0 Å². The summed E-state index contributed by atoms with van der Waals surface area (Å²) in [6.45, 7) is 2.10. The van der Waals surface area contributed by atoms with E-state index in [1.165, 1.54) is 0 Å². The number of nitrogens with zero attached hydrogens (tertiary/aromatic N) is 2. The van der Waals surface area contributed by atoms with Gasteiger partial charge in [0.25, 0.3) is 5.91 Å². The Morgan fingerprint density at radius 1 is 1.47 bits per heavy atom. The van der Waals surface area contributed by atoms with Gasteiger partial charge in [-0.1, -0.05) is 0 Å². The van der Waals surface area contributed by atoms with Crippen LogP contribution in [-0.4, -0.2) is 41.2 Å². The maximum atomic E-state index is 11.3. The van der Waals surface area contributed by atoms with Gasteiger partial charge in [-0.15, -0.1) is 10.2 Å². The number of carbonyl (C=O) groups excluding carboxylic acids is 1. The lowest BCUT2D eigenvalue weighted by atomic mass is 10.2. The second-order valence-corrected chi connectivity index (χ2v) is 4.70. The van der Waals surface area contributed by atoms with E-state index in [4.69, 9.17) is 0 Å². The first kappa shape index (κ1) is 13.8. The average Bonchev–Trinajstić information content (AvgIpc) is 2.36. The Morgan fingerprint density at radius 2 is 2.24 bits per heavy atom. The van der Waals surface area contributed by atoms with Crippen LogP contribution in [0.1, 0.15) is 23.8 Å². The molecule has 0 aliphatic rings. The van der Waals surface area contributed by atoms with Crippen molar-refractivity contribution in [3.8, 4) is 0 Å². The summed E-state index contributed by atoms with van der Waals surface area (Å²) in [5.41, 5.74) is 0.329. The molecule has 0 aromatic carbocycles. The second kappa shape index (κ2) is 7.11. The third kappa shape index (κ3) is 4.60. The number of anilines is 1. The molecule has 0 bridgehead atoms. The molecule has 2 N–H and O–H groups in total. The molecule has 1 aromatic rings. The van der Waals surface area contributed by atoms with E-state index in [1.807, 2.05) is 11.8 Å². The molecule has 0 fully saturated rings. The molecule has 0 radical (unpaired) electrons. The number of hydrogen-bond acceptors (Lipinski definition) is 5. The van der Waals surface area contributed by atoms with E-state index in [2.05, 4.69) is 34.0 Å². The average molecular weight is 254 g/mol. The van der Waals surface area contributed by atoms with Crippen molar-refractivity contribution in [1.82, 2.24) is 15.5 Å². The predicted octanol–water partition coefficient (Wildman–Crippen LogP) is 1.39. The number of amides is 1. The summed E-state index contributed by atoms with van der Waals surface area (Å²) in [6.07, 6.45) is 3.16. The van der Waals surface area contributed by atoms with Crippen LogP contribution in [0.4, 0.5) is 5.82 Å². The minimum absolute atomic E-state index is 0.223. The SMILES string of the molecule is CNC(=O)c1ccc(NC(C)CCSC)nn1. The van der Waals surface area contributed by atoms with E-state index in [1.54, 1.807) is 19.2 Å². The smallest absolute Gasteiger partial charge is 0.271 e. The first-order chi connectivity index (χ1) is 8.17.